The zero-order chi connectivity index (χ0) is 17.6. The average molecular weight is 373 g/mol. The van der Waals surface area contributed by atoms with Crippen molar-refractivity contribution in [2.45, 2.75) is 23.8 Å². The zero-order valence-electron chi connectivity index (χ0n) is 13.8. The molecule has 0 aliphatic heterocycles. The van der Waals surface area contributed by atoms with E-state index >= 15 is 0 Å². The van der Waals surface area contributed by atoms with Gasteiger partial charge in [-0.15, -0.1) is 11.3 Å². The lowest BCUT2D eigenvalue weighted by molar-refractivity contribution is 0.0987. The van der Waals surface area contributed by atoms with Crippen molar-refractivity contribution in [2.75, 3.05) is 12.4 Å². The molecule has 0 amide bonds. The van der Waals surface area contributed by atoms with Gasteiger partial charge in [-0.3, -0.25) is 4.79 Å². The molecule has 0 saturated heterocycles. The van der Waals surface area contributed by atoms with E-state index in [1.807, 2.05) is 31.2 Å². The first kappa shape index (κ1) is 17.9. The molecule has 130 valence electrons. The Morgan fingerprint density at radius 3 is 2.72 bits per heavy atom. The van der Waals surface area contributed by atoms with Crippen molar-refractivity contribution in [2.24, 2.45) is 0 Å². The summed E-state index contributed by atoms with van der Waals surface area (Å²) in [5, 5.41) is 10.1. The molecule has 1 heterocycles. The summed E-state index contributed by atoms with van der Waals surface area (Å²) in [6.07, 6.45) is -0.101. The molecular formula is C19H19NO3S2. The van der Waals surface area contributed by atoms with E-state index in [9.17, 15) is 9.90 Å². The van der Waals surface area contributed by atoms with Crippen LogP contribution in [0.3, 0.4) is 0 Å². The molecule has 4 nitrogen and oxygen atoms in total. The second kappa shape index (κ2) is 8.47. The molecular weight excluding hydrogens is 354 g/mol. The number of aliphatic hydroxyl groups excluding tert-OH is 1. The molecule has 0 bridgehead atoms. The minimum absolute atomic E-state index is 0.110. The van der Waals surface area contributed by atoms with Crippen molar-refractivity contribution in [3.63, 3.8) is 0 Å². The fourth-order valence-electron chi connectivity index (χ4n) is 2.26. The number of para-hydroxylation sites is 1. The minimum Gasteiger partial charge on any atom is -0.491 e. The van der Waals surface area contributed by atoms with Gasteiger partial charge in [0.05, 0.1) is 16.3 Å². The normalized spacial score (nSPS) is 12.2. The van der Waals surface area contributed by atoms with E-state index < -0.39 is 6.10 Å². The molecule has 0 spiro atoms. The summed E-state index contributed by atoms with van der Waals surface area (Å²) < 4.78 is 7.69. The molecule has 3 aromatic rings. The number of carbonyl (C=O) groups excluding carboxylic acids is 1. The number of thioether (sulfide) groups is 1. The van der Waals surface area contributed by atoms with E-state index in [2.05, 4.69) is 4.98 Å². The Balaban J connectivity index is 1.47. The summed E-state index contributed by atoms with van der Waals surface area (Å²) in [6, 6.07) is 15.0. The number of aliphatic hydroxyl groups is 1. The largest absolute Gasteiger partial charge is 0.491 e. The van der Waals surface area contributed by atoms with Crippen LogP contribution in [0.15, 0.2) is 52.9 Å². The Hall–Kier alpha value is -1.89. The number of carbonyl (C=O) groups is 1. The van der Waals surface area contributed by atoms with Crippen molar-refractivity contribution < 1.29 is 14.6 Å². The first-order valence-corrected chi connectivity index (χ1v) is 9.88. The molecule has 1 aromatic heterocycles. The highest BCUT2D eigenvalue weighted by atomic mass is 32.2. The van der Waals surface area contributed by atoms with Gasteiger partial charge >= 0.3 is 0 Å². The second-order valence-corrected chi connectivity index (χ2v) is 7.82. The highest BCUT2D eigenvalue weighted by Crippen LogP contribution is 2.29. The minimum atomic E-state index is -0.589. The van der Waals surface area contributed by atoms with E-state index in [1.165, 1.54) is 11.8 Å². The number of benzene rings is 2. The highest BCUT2D eigenvalue weighted by molar-refractivity contribution is 8.01. The number of fused-ring (bicyclic) bond motifs is 1. The van der Waals surface area contributed by atoms with Gasteiger partial charge in [0, 0.05) is 17.7 Å². The summed E-state index contributed by atoms with van der Waals surface area (Å²) in [4.78, 5) is 16.1. The molecule has 25 heavy (non-hydrogen) atoms. The van der Waals surface area contributed by atoms with Crippen molar-refractivity contribution in [1.29, 1.82) is 0 Å². The maximum absolute atomic E-state index is 11.6. The smallest absolute Gasteiger partial charge is 0.162 e. The van der Waals surface area contributed by atoms with Gasteiger partial charge in [-0.05, 0) is 36.4 Å². The molecule has 0 radical (unpaired) electrons. The molecule has 1 N–H and O–H groups in total. The standard InChI is InChI=1S/C19H19NO3S2/c1-2-17(22)13-7-9-15(10-8-13)23-11-14(21)12-24-19-20-16-5-3-4-6-18(16)25-19/h3-10,14,21H,2,11-12H2,1H3. The number of ether oxygens (including phenoxy) is 1. The Labute approximate surface area is 154 Å². The lowest BCUT2D eigenvalue weighted by Crippen LogP contribution is -2.20. The van der Waals surface area contributed by atoms with Crippen LogP contribution in [0, 0.1) is 0 Å². The van der Waals surface area contributed by atoms with Crippen LogP contribution >= 0.6 is 23.1 Å². The number of hydrogen-bond acceptors (Lipinski definition) is 6. The lowest BCUT2D eigenvalue weighted by Gasteiger charge is -2.11. The maximum Gasteiger partial charge on any atom is 0.162 e. The topological polar surface area (TPSA) is 59.4 Å². The highest BCUT2D eigenvalue weighted by Gasteiger charge is 2.10. The molecule has 0 fully saturated rings. The van der Waals surface area contributed by atoms with Gasteiger partial charge < -0.3 is 9.84 Å². The molecule has 0 saturated carbocycles. The molecule has 0 aliphatic rings. The Morgan fingerprint density at radius 2 is 2.00 bits per heavy atom. The summed E-state index contributed by atoms with van der Waals surface area (Å²) in [5.41, 5.74) is 1.67. The summed E-state index contributed by atoms with van der Waals surface area (Å²) in [7, 11) is 0. The number of aromatic nitrogens is 1. The van der Waals surface area contributed by atoms with Gasteiger partial charge in [-0.25, -0.2) is 4.98 Å². The van der Waals surface area contributed by atoms with Crippen molar-refractivity contribution in [3.05, 3.63) is 54.1 Å². The predicted molar refractivity (Wildman–Crippen MR) is 103 cm³/mol. The van der Waals surface area contributed by atoms with Gasteiger partial charge in [-0.2, -0.15) is 0 Å². The molecule has 1 unspecified atom stereocenters. The quantitative estimate of drug-likeness (QED) is 0.468. The summed E-state index contributed by atoms with van der Waals surface area (Å²) in [6.45, 7) is 2.05. The first-order chi connectivity index (χ1) is 12.2. The van der Waals surface area contributed by atoms with Gasteiger partial charge in [0.2, 0.25) is 0 Å². The molecule has 3 rings (SSSR count). The number of Topliss-reactive ketones (excluding diaryl/α,β-unsaturated/α-hetero) is 1. The van der Waals surface area contributed by atoms with Crippen LogP contribution in [0.5, 0.6) is 5.75 Å². The third-order valence-corrected chi connectivity index (χ3v) is 5.94. The molecule has 1 atom stereocenters. The van der Waals surface area contributed by atoms with Gasteiger partial charge in [0.25, 0.3) is 0 Å². The SMILES string of the molecule is CCC(=O)c1ccc(OCC(O)CSc2nc3ccccc3s2)cc1. The van der Waals surface area contributed by atoms with E-state index in [4.69, 9.17) is 4.74 Å². The van der Waals surface area contributed by atoms with E-state index in [1.54, 1.807) is 35.6 Å². The second-order valence-electron chi connectivity index (χ2n) is 5.52. The van der Waals surface area contributed by atoms with Gasteiger partial charge in [0.15, 0.2) is 10.1 Å². The number of rotatable bonds is 8. The van der Waals surface area contributed by atoms with E-state index in [0.717, 1.165) is 14.6 Å². The molecule has 0 aliphatic carbocycles. The van der Waals surface area contributed by atoms with Crippen LogP contribution in [-0.4, -0.2) is 34.3 Å². The van der Waals surface area contributed by atoms with E-state index in [-0.39, 0.29) is 12.4 Å². The molecule has 2 aromatic carbocycles. The lowest BCUT2D eigenvalue weighted by atomic mass is 10.1. The van der Waals surface area contributed by atoms with Crippen LogP contribution in [0.1, 0.15) is 23.7 Å². The van der Waals surface area contributed by atoms with Crippen LogP contribution in [0.4, 0.5) is 0 Å². The van der Waals surface area contributed by atoms with Crippen LogP contribution in [-0.2, 0) is 0 Å². The fraction of sp³-hybridized carbons (Fsp3) is 0.263. The Morgan fingerprint density at radius 1 is 1.24 bits per heavy atom. The average Bonchev–Trinajstić information content (AvgIpc) is 3.07. The van der Waals surface area contributed by atoms with E-state index in [0.29, 0.717) is 23.5 Å². The van der Waals surface area contributed by atoms with Crippen molar-refractivity contribution in [3.8, 4) is 5.75 Å². The van der Waals surface area contributed by atoms with Gasteiger partial charge in [0.1, 0.15) is 12.4 Å². The van der Waals surface area contributed by atoms with Crippen LogP contribution in [0.2, 0.25) is 0 Å². The Bertz CT molecular complexity index is 812. The van der Waals surface area contributed by atoms with Gasteiger partial charge in [-0.1, -0.05) is 30.8 Å². The third-order valence-electron chi connectivity index (χ3n) is 3.61. The zero-order valence-corrected chi connectivity index (χ0v) is 15.5. The number of nitrogens with zero attached hydrogens (tertiary/aromatic N) is 1. The predicted octanol–water partition coefficient (Wildman–Crippen LogP) is 4.42. The number of ketones is 1. The number of hydrogen-bond donors (Lipinski definition) is 1. The maximum atomic E-state index is 11.6. The Kier molecular flexibility index (Phi) is 6.07. The number of thiazole rings is 1. The van der Waals surface area contributed by atoms with Crippen LogP contribution in [0.25, 0.3) is 10.2 Å². The summed E-state index contributed by atoms with van der Waals surface area (Å²) in [5.74, 6) is 1.28. The van der Waals surface area contributed by atoms with Crippen molar-refractivity contribution >= 4 is 39.1 Å². The monoisotopic (exact) mass is 373 g/mol. The first-order valence-electron chi connectivity index (χ1n) is 8.08. The molecule has 6 heteroatoms. The fourth-order valence-corrected chi connectivity index (χ4v) is 4.26. The van der Waals surface area contributed by atoms with Crippen LogP contribution < -0.4 is 4.74 Å². The third kappa shape index (κ3) is 4.81. The summed E-state index contributed by atoms with van der Waals surface area (Å²) >= 11 is 3.16. The van der Waals surface area contributed by atoms with Crippen molar-refractivity contribution in [1.82, 2.24) is 4.98 Å².